The van der Waals surface area contributed by atoms with Crippen molar-refractivity contribution in [2.75, 3.05) is 5.75 Å². The number of amidine groups is 1. The summed E-state index contributed by atoms with van der Waals surface area (Å²) in [4.78, 5) is 13.2. The number of rotatable bonds is 1. The second-order valence-corrected chi connectivity index (χ2v) is 8.23. The molecule has 0 amide bonds. The molecule has 4 atom stereocenters. The molecule has 1 aromatic heterocycles. The van der Waals surface area contributed by atoms with Crippen molar-refractivity contribution in [3.8, 4) is 16.9 Å². The SMILES string of the molecule is NC1=NC2(CS1)c1cc(-c3cncnc3)ccc1O[C@H]1CCC(O)CC12. The van der Waals surface area contributed by atoms with Crippen molar-refractivity contribution in [1.29, 1.82) is 0 Å². The van der Waals surface area contributed by atoms with Crippen LogP contribution in [0.25, 0.3) is 11.1 Å². The first kappa shape index (κ1) is 16.1. The highest BCUT2D eigenvalue weighted by Crippen LogP contribution is 2.54. The average molecular weight is 368 g/mol. The first-order chi connectivity index (χ1) is 12.7. The molecule has 1 fully saturated rings. The van der Waals surface area contributed by atoms with E-state index in [-0.39, 0.29) is 18.1 Å². The Hall–Kier alpha value is -2.12. The van der Waals surface area contributed by atoms with Crippen LogP contribution in [0.2, 0.25) is 0 Å². The highest BCUT2D eigenvalue weighted by molar-refractivity contribution is 8.14. The monoisotopic (exact) mass is 368 g/mol. The van der Waals surface area contributed by atoms with Gasteiger partial charge in [-0.15, -0.1) is 0 Å². The Morgan fingerprint density at radius 2 is 2.04 bits per heavy atom. The molecule has 0 radical (unpaired) electrons. The minimum atomic E-state index is -0.431. The predicted octanol–water partition coefficient (Wildman–Crippen LogP) is 2.32. The number of ether oxygens (including phenoxy) is 1. The normalized spacial score (nSPS) is 32.5. The van der Waals surface area contributed by atoms with E-state index in [1.807, 2.05) is 12.1 Å². The van der Waals surface area contributed by atoms with E-state index in [1.165, 1.54) is 6.33 Å². The quantitative estimate of drug-likeness (QED) is 0.802. The Balaban J connectivity index is 1.67. The number of aliphatic hydroxyl groups is 1. The Morgan fingerprint density at radius 1 is 1.19 bits per heavy atom. The topological polar surface area (TPSA) is 93.6 Å². The maximum atomic E-state index is 10.3. The summed E-state index contributed by atoms with van der Waals surface area (Å²) in [5.74, 6) is 1.80. The number of benzene rings is 1. The zero-order chi connectivity index (χ0) is 17.7. The van der Waals surface area contributed by atoms with Gasteiger partial charge in [0.05, 0.1) is 6.10 Å². The standard InChI is InChI=1S/C19H20N4O2S/c20-18-23-19(9-26-18)14-5-11(12-7-21-10-22-8-12)1-3-16(14)25-17-4-2-13(24)6-15(17)19/h1,3,5,7-8,10,13,15,17,24H,2,4,6,9H2,(H2,20,23)/t13?,15?,17-,19?/m0/s1. The van der Waals surface area contributed by atoms with Crippen molar-refractivity contribution in [2.45, 2.75) is 37.0 Å². The zero-order valence-electron chi connectivity index (χ0n) is 14.2. The lowest BCUT2D eigenvalue weighted by Crippen LogP contribution is -2.51. The Bertz CT molecular complexity index is 875. The van der Waals surface area contributed by atoms with E-state index in [2.05, 4.69) is 16.0 Å². The molecule has 2 aromatic rings. The van der Waals surface area contributed by atoms with Crippen LogP contribution >= 0.6 is 11.8 Å². The molecule has 1 aliphatic carbocycles. The first-order valence-corrected chi connectivity index (χ1v) is 9.87. The van der Waals surface area contributed by atoms with E-state index in [9.17, 15) is 5.11 Å². The molecule has 5 rings (SSSR count). The van der Waals surface area contributed by atoms with E-state index in [0.29, 0.717) is 11.6 Å². The van der Waals surface area contributed by atoms with Gasteiger partial charge in [0.1, 0.15) is 23.7 Å². The number of thioether (sulfide) groups is 1. The number of fused-ring (bicyclic) bond motifs is 4. The number of hydrogen-bond acceptors (Lipinski definition) is 7. The van der Waals surface area contributed by atoms with Crippen LogP contribution in [0, 0.1) is 5.92 Å². The van der Waals surface area contributed by atoms with E-state index in [1.54, 1.807) is 24.2 Å². The minimum absolute atomic E-state index is 0.0760. The van der Waals surface area contributed by atoms with E-state index >= 15 is 0 Å². The van der Waals surface area contributed by atoms with Gasteiger partial charge in [0.25, 0.3) is 0 Å². The fraction of sp³-hybridized carbons (Fsp3) is 0.421. The van der Waals surface area contributed by atoms with Crippen LogP contribution in [0.1, 0.15) is 24.8 Å². The Kier molecular flexibility index (Phi) is 3.68. The van der Waals surface area contributed by atoms with Crippen molar-refractivity contribution in [3.63, 3.8) is 0 Å². The fourth-order valence-electron chi connectivity index (χ4n) is 4.50. The molecule has 3 aliphatic rings. The third kappa shape index (κ3) is 2.41. The predicted molar refractivity (Wildman–Crippen MR) is 101 cm³/mol. The maximum Gasteiger partial charge on any atom is 0.154 e. The molecule has 26 heavy (non-hydrogen) atoms. The highest BCUT2D eigenvalue weighted by atomic mass is 32.2. The molecule has 3 N–H and O–H groups in total. The van der Waals surface area contributed by atoms with Gasteiger partial charge in [0.2, 0.25) is 0 Å². The second-order valence-electron chi connectivity index (χ2n) is 7.23. The number of nitrogens with zero attached hydrogens (tertiary/aromatic N) is 3. The molecule has 0 bridgehead atoms. The summed E-state index contributed by atoms with van der Waals surface area (Å²) in [6.45, 7) is 0. The van der Waals surface area contributed by atoms with Gasteiger partial charge in [-0.05, 0) is 37.0 Å². The summed E-state index contributed by atoms with van der Waals surface area (Å²) >= 11 is 1.59. The van der Waals surface area contributed by atoms with Crippen LogP contribution in [0.15, 0.2) is 41.9 Å². The second kappa shape index (κ2) is 5.96. The van der Waals surface area contributed by atoms with Gasteiger partial charge in [-0.3, -0.25) is 0 Å². The highest BCUT2D eigenvalue weighted by Gasteiger charge is 2.54. The summed E-state index contributed by atoms with van der Waals surface area (Å²) in [5.41, 5.74) is 8.71. The summed E-state index contributed by atoms with van der Waals surface area (Å²) in [7, 11) is 0. The third-order valence-electron chi connectivity index (χ3n) is 5.74. The molecule has 1 saturated carbocycles. The van der Waals surface area contributed by atoms with Crippen molar-refractivity contribution in [3.05, 3.63) is 42.5 Å². The summed E-state index contributed by atoms with van der Waals surface area (Å²) in [5, 5.41) is 10.9. The molecule has 7 heteroatoms. The van der Waals surface area contributed by atoms with Crippen molar-refractivity contribution < 1.29 is 9.84 Å². The van der Waals surface area contributed by atoms with Gasteiger partial charge in [0, 0.05) is 35.2 Å². The largest absolute Gasteiger partial charge is 0.490 e. The number of hydrogen-bond donors (Lipinski definition) is 2. The maximum absolute atomic E-state index is 10.3. The summed E-state index contributed by atoms with van der Waals surface area (Å²) in [6, 6.07) is 6.20. The van der Waals surface area contributed by atoms with E-state index in [4.69, 9.17) is 15.5 Å². The van der Waals surface area contributed by atoms with Crippen LogP contribution < -0.4 is 10.5 Å². The summed E-state index contributed by atoms with van der Waals surface area (Å²) < 4.78 is 6.34. The van der Waals surface area contributed by atoms with Crippen LogP contribution in [-0.4, -0.2) is 38.2 Å². The average Bonchev–Trinajstić information content (AvgIpc) is 3.06. The van der Waals surface area contributed by atoms with Crippen LogP contribution in [0.4, 0.5) is 0 Å². The van der Waals surface area contributed by atoms with Gasteiger partial charge in [0.15, 0.2) is 5.17 Å². The van der Waals surface area contributed by atoms with Crippen molar-refractivity contribution in [2.24, 2.45) is 16.6 Å². The molecular weight excluding hydrogens is 348 g/mol. The molecular formula is C19H20N4O2S. The first-order valence-electron chi connectivity index (χ1n) is 8.88. The Morgan fingerprint density at radius 3 is 2.81 bits per heavy atom. The molecule has 1 aromatic carbocycles. The Labute approximate surface area is 155 Å². The van der Waals surface area contributed by atoms with Gasteiger partial charge < -0.3 is 15.6 Å². The lowest BCUT2D eigenvalue weighted by atomic mass is 9.68. The third-order valence-corrected chi connectivity index (χ3v) is 6.71. The number of aliphatic imine (C=N–C) groups is 1. The van der Waals surface area contributed by atoms with Gasteiger partial charge in [-0.1, -0.05) is 17.8 Å². The lowest BCUT2D eigenvalue weighted by Gasteiger charge is -2.48. The van der Waals surface area contributed by atoms with Gasteiger partial charge >= 0.3 is 0 Å². The van der Waals surface area contributed by atoms with Crippen LogP contribution in [0.3, 0.4) is 0 Å². The van der Waals surface area contributed by atoms with Gasteiger partial charge in [-0.2, -0.15) is 0 Å². The molecule has 6 nitrogen and oxygen atoms in total. The van der Waals surface area contributed by atoms with Gasteiger partial charge in [-0.25, -0.2) is 15.0 Å². The smallest absolute Gasteiger partial charge is 0.154 e. The number of aliphatic hydroxyl groups excluding tert-OH is 1. The van der Waals surface area contributed by atoms with Crippen molar-refractivity contribution in [1.82, 2.24) is 9.97 Å². The molecule has 0 saturated heterocycles. The van der Waals surface area contributed by atoms with E-state index in [0.717, 1.165) is 41.0 Å². The number of aromatic nitrogens is 2. The molecule has 134 valence electrons. The van der Waals surface area contributed by atoms with Crippen LogP contribution in [0.5, 0.6) is 5.75 Å². The number of nitrogens with two attached hydrogens (primary N) is 1. The molecule has 3 heterocycles. The molecule has 1 spiro atoms. The molecule has 3 unspecified atom stereocenters. The van der Waals surface area contributed by atoms with Crippen molar-refractivity contribution >= 4 is 16.9 Å². The molecule has 2 aliphatic heterocycles. The summed E-state index contributed by atoms with van der Waals surface area (Å²) in [6.07, 6.45) is 7.23. The van der Waals surface area contributed by atoms with Crippen LogP contribution in [-0.2, 0) is 5.54 Å². The minimum Gasteiger partial charge on any atom is -0.490 e. The zero-order valence-corrected chi connectivity index (χ0v) is 15.0. The fourth-order valence-corrected chi connectivity index (χ4v) is 5.53. The lowest BCUT2D eigenvalue weighted by molar-refractivity contribution is -0.0236. The van der Waals surface area contributed by atoms with E-state index < -0.39 is 5.54 Å².